The molecule has 1 aromatic rings. The highest BCUT2D eigenvalue weighted by Crippen LogP contribution is 2.22. The van der Waals surface area contributed by atoms with E-state index in [0.717, 1.165) is 0 Å². The van der Waals surface area contributed by atoms with Crippen LogP contribution in [0.25, 0.3) is 4.85 Å². The van der Waals surface area contributed by atoms with Crippen molar-refractivity contribution < 1.29 is 5.11 Å². The molecule has 1 aromatic heterocycles. The first-order valence-electron chi connectivity index (χ1n) is 2.35. The topological polar surface area (TPSA) is 37.5 Å². The lowest BCUT2D eigenvalue weighted by Gasteiger charge is -1.89. The van der Waals surface area contributed by atoms with Crippen LogP contribution < -0.4 is 0 Å². The van der Waals surface area contributed by atoms with Crippen LogP contribution in [0.5, 0.6) is 5.75 Å². The van der Waals surface area contributed by atoms with E-state index in [2.05, 4.69) is 9.83 Å². The molecule has 0 saturated heterocycles. The summed E-state index contributed by atoms with van der Waals surface area (Å²) in [5.74, 6) is -0.0625. The lowest BCUT2D eigenvalue weighted by atomic mass is 10.4. The highest BCUT2D eigenvalue weighted by molar-refractivity contribution is 5.54. The largest absolute Gasteiger partial charge is 0.517 e. The Morgan fingerprint density at radius 3 is 2.89 bits per heavy atom. The molecule has 0 aliphatic rings. The molecule has 0 saturated carbocycles. The number of hydrogen-bond acceptors (Lipinski definition) is 2. The van der Waals surface area contributed by atoms with Crippen LogP contribution in [-0.2, 0) is 0 Å². The van der Waals surface area contributed by atoms with E-state index in [0.29, 0.717) is 0 Å². The highest BCUT2D eigenvalue weighted by Gasteiger charge is 1.94. The van der Waals surface area contributed by atoms with Crippen molar-refractivity contribution in [2.75, 3.05) is 0 Å². The maximum Gasteiger partial charge on any atom is 0.230 e. The summed E-state index contributed by atoms with van der Waals surface area (Å²) in [4.78, 5) is 6.63. The molecule has 1 heterocycles. The van der Waals surface area contributed by atoms with Crippen molar-refractivity contribution in [1.82, 2.24) is 4.98 Å². The second-order valence-electron chi connectivity index (χ2n) is 1.48. The van der Waals surface area contributed by atoms with Gasteiger partial charge in [-0.3, -0.25) is 4.98 Å². The third kappa shape index (κ3) is 0.970. The zero-order valence-corrected chi connectivity index (χ0v) is 4.57. The third-order valence-corrected chi connectivity index (χ3v) is 0.898. The Kier molecular flexibility index (Phi) is 1.32. The maximum atomic E-state index is 8.83. The van der Waals surface area contributed by atoms with Crippen LogP contribution in [0.3, 0.4) is 0 Å². The van der Waals surface area contributed by atoms with Crippen LogP contribution in [-0.4, -0.2) is 10.1 Å². The van der Waals surface area contributed by atoms with Crippen molar-refractivity contribution in [2.24, 2.45) is 0 Å². The lowest BCUT2D eigenvalue weighted by Crippen LogP contribution is -1.67. The molecule has 0 aliphatic carbocycles. The van der Waals surface area contributed by atoms with Gasteiger partial charge in [0.25, 0.3) is 0 Å². The molecule has 3 nitrogen and oxygen atoms in total. The predicted molar refractivity (Wildman–Crippen MR) is 32.2 cm³/mol. The fourth-order valence-electron chi connectivity index (χ4n) is 0.473. The van der Waals surface area contributed by atoms with E-state index in [1.807, 2.05) is 0 Å². The zero-order chi connectivity index (χ0) is 6.69. The van der Waals surface area contributed by atoms with Crippen LogP contribution in [0, 0.1) is 6.57 Å². The molecule has 1 N–H and O–H groups in total. The van der Waals surface area contributed by atoms with E-state index in [1.54, 1.807) is 0 Å². The molecule has 0 bridgehead atoms. The van der Waals surface area contributed by atoms with E-state index in [-0.39, 0.29) is 11.4 Å². The molecule has 0 unspecified atom stereocenters. The van der Waals surface area contributed by atoms with Crippen molar-refractivity contribution in [3.05, 3.63) is 29.9 Å². The van der Waals surface area contributed by atoms with Gasteiger partial charge in [-0.15, -0.1) is 0 Å². The lowest BCUT2D eigenvalue weighted by molar-refractivity contribution is 0.476. The molecular formula is C6H4N2O. The molecule has 0 spiro atoms. The molecule has 0 fully saturated rings. The minimum atomic E-state index is -0.0625. The first-order chi connectivity index (χ1) is 4.34. The number of pyridine rings is 1. The average molecular weight is 120 g/mol. The quantitative estimate of drug-likeness (QED) is 0.524. The van der Waals surface area contributed by atoms with Crippen LogP contribution in [0.1, 0.15) is 0 Å². The SMILES string of the molecule is [C-]#[N+]c1ccncc1O. The summed E-state index contributed by atoms with van der Waals surface area (Å²) in [6.45, 7) is 6.52. The second-order valence-corrected chi connectivity index (χ2v) is 1.48. The second kappa shape index (κ2) is 2.14. The first kappa shape index (κ1) is 5.57. The van der Waals surface area contributed by atoms with Crippen molar-refractivity contribution >= 4 is 5.69 Å². The van der Waals surface area contributed by atoms with Gasteiger partial charge in [0.1, 0.15) is 5.75 Å². The summed E-state index contributed by atoms with van der Waals surface area (Å²) >= 11 is 0. The van der Waals surface area contributed by atoms with Crippen LogP contribution in [0.2, 0.25) is 0 Å². The standard InChI is InChI=1S/C6H4N2O/c1-7-5-2-3-8-4-6(5)9/h2-4,9H. The number of aromatic nitrogens is 1. The van der Waals surface area contributed by atoms with Crippen molar-refractivity contribution in [3.8, 4) is 5.75 Å². The van der Waals surface area contributed by atoms with E-state index in [9.17, 15) is 0 Å². The van der Waals surface area contributed by atoms with Gasteiger partial charge >= 0.3 is 0 Å². The van der Waals surface area contributed by atoms with E-state index in [1.165, 1.54) is 18.5 Å². The molecular weight excluding hydrogens is 116 g/mol. The van der Waals surface area contributed by atoms with E-state index >= 15 is 0 Å². The van der Waals surface area contributed by atoms with Crippen LogP contribution >= 0.6 is 0 Å². The average Bonchev–Trinajstić information content (AvgIpc) is 1.89. The van der Waals surface area contributed by atoms with E-state index in [4.69, 9.17) is 11.7 Å². The van der Waals surface area contributed by atoms with Gasteiger partial charge in [-0.25, -0.2) is 4.85 Å². The van der Waals surface area contributed by atoms with E-state index < -0.39 is 0 Å². The fraction of sp³-hybridized carbons (Fsp3) is 0. The van der Waals surface area contributed by atoms with Gasteiger partial charge in [0.05, 0.1) is 12.8 Å². The molecule has 9 heavy (non-hydrogen) atoms. The van der Waals surface area contributed by atoms with Gasteiger partial charge in [0, 0.05) is 6.20 Å². The van der Waals surface area contributed by atoms with Gasteiger partial charge in [-0.1, -0.05) is 0 Å². The Morgan fingerprint density at radius 1 is 1.67 bits per heavy atom. The Balaban J connectivity index is 3.20. The van der Waals surface area contributed by atoms with Gasteiger partial charge < -0.3 is 5.11 Å². The monoisotopic (exact) mass is 120 g/mol. The smallest absolute Gasteiger partial charge is 0.230 e. The predicted octanol–water partition coefficient (Wildman–Crippen LogP) is 1.34. The number of nitrogens with zero attached hydrogens (tertiary/aromatic N) is 2. The summed E-state index contributed by atoms with van der Waals surface area (Å²) in [6, 6.07) is 1.46. The summed E-state index contributed by atoms with van der Waals surface area (Å²) in [5.41, 5.74) is 0.241. The number of rotatable bonds is 0. The van der Waals surface area contributed by atoms with Gasteiger partial charge in [0.2, 0.25) is 5.69 Å². The molecule has 3 heteroatoms. The van der Waals surface area contributed by atoms with Crippen molar-refractivity contribution in [2.45, 2.75) is 0 Å². The molecule has 44 valence electrons. The van der Waals surface area contributed by atoms with Crippen LogP contribution in [0.15, 0.2) is 18.5 Å². The molecule has 1 rings (SSSR count). The summed E-state index contributed by atoms with van der Waals surface area (Å²) in [5, 5.41) is 8.83. The Labute approximate surface area is 52.4 Å². The van der Waals surface area contributed by atoms with Gasteiger partial charge in [-0.05, 0) is 6.07 Å². The molecule has 0 atom stereocenters. The molecule has 0 aliphatic heterocycles. The Hall–Kier alpha value is -1.56. The van der Waals surface area contributed by atoms with Gasteiger partial charge in [0.15, 0.2) is 0 Å². The Morgan fingerprint density at radius 2 is 2.44 bits per heavy atom. The molecule has 0 radical (unpaired) electrons. The summed E-state index contributed by atoms with van der Waals surface area (Å²) < 4.78 is 0. The summed E-state index contributed by atoms with van der Waals surface area (Å²) in [7, 11) is 0. The fourth-order valence-corrected chi connectivity index (χ4v) is 0.473. The highest BCUT2D eigenvalue weighted by atomic mass is 16.3. The minimum absolute atomic E-state index is 0.0625. The summed E-state index contributed by atoms with van der Waals surface area (Å²) in [6.07, 6.45) is 2.71. The zero-order valence-electron chi connectivity index (χ0n) is 4.57. The number of aromatic hydroxyl groups is 1. The normalized spacial score (nSPS) is 8.33. The van der Waals surface area contributed by atoms with Crippen molar-refractivity contribution in [3.63, 3.8) is 0 Å². The van der Waals surface area contributed by atoms with Crippen molar-refractivity contribution in [1.29, 1.82) is 0 Å². The minimum Gasteiger partial charge on any atom is -0.517 e. The number of hydrogen-bond donors (Lipinski definition) is 1. The molecule has 0 amide bonds. The molecule has 0 aromatic carbocycles. The van der Waals surface area contributed by atoms with Crippen LogP contribution in [0.4, 0.5) is 5.69 Å². The maximum absolute atomic E-state index is 8.83. The Bertz CT molecular complexity index is 251. The van der Waals surface area contributed by atoms with Gasteiger partial charge in [-0.2, -0.15) is 0 Å². The third-order valence-electron chi connectivity index (χ3n) is 0.898. The first-order valence-corrected chi connectivity index (χ1v) is 2.35.